The van der Waals surface area contributed by atoms with Gasteiger partial charge in [-0.25, -0.2) is 12.8 Å². The maximum absolute atomic E-state index is 15.1. The number of anilines is 1. The second-order valence-corrected chi connectivity index (χ2v) is 10.4. The number of benzene rings is 2. The van der Waals surface area contributed by atoms with Gasteiger partial charge in [0.1, 0.15) is 23.4 Å². The fourth-order valence-electron chi connectivity index (χ4n) is 4.35. The molecule has 11 heteroatoms. The molecule has 37 heavy (non-hydrogen) atoms. The lowest BCUT2D eigenvalue weighted by Gasteiger charge is -2.16. The molecule has 2 N–H and O–H groups in total. The second-order valence-electron chi connectivity index (χ2n) is 8.71. The molecular formula is C26H22FN3O6S. The molecule has 4 aromatic rings. The van der Waals surface area contributed by atoms with Crippen LogP contribution in [-0.4, -0.2) is 36.0 Å². The third-order valence-electron chi connectivity index (χ3n) is 6.22. The zero-order chi connectivity index (χ0) is 26.2. The van der Waals surface area contributed by atoms with Crippen LogP contribution in [0.1, 0.15) is 31.2 Å². The molecule has 1 fully saturated rings. The van der Waals surface area contributed by atoms with Crippen molar-refractivity contribution in [2.24, 2.45) is 0 Å². The summed E-state index contributed by atoms with van der Waals surface area (Å²) in [6, 6.07) is 10.8. The summed E-state index contributed by atoms with van der Waals surface area (Å²) < 4.78 is 54.3. The lowest BCUT2D eigenvalue weighted by atomic mass is 10.0. The van der Waals surface area contributed by atoms with Crippen LogP contribution in [0, 0.1) is 17.7 Å². The molecule has 2 aromatic carbocycles. The van der Waals surface area contributed by atoms with Gasteiger partial charge in [-0.2, -0.15) is 0 Å². The summed E-state index contributed by atoms with van der Waals surface area (Å²) in [4.78, 5) is 12.8. The molecule has 1 aliphatic carbocycles. The van der Waals surface area contributed by atoms with Gasteiger partial charge in [-0.1, -0.05) is 17.0 Å². The van der Waals surface area contributed by atoms with Crippen molar-refractivity contribution in [2.75, 3.05) is 11.8 Å². The Morgan fingerprint density at radius 1 is 1.16 bits per heavy atom. The molecule has 9 nitrogen and oxygen atoms in total. The molecule has 2 heterocycles. The van der Waals surface area contributed by atoms with E-state index in [0.29, 0.717) is 23.7 Å². The first-order valence-electron chi connectivity index (χ1n) is 11.4. The summed E-state index contributed by atoms with van der Waals surface area (Å²) in [6.45, 7) is 0. The maximum atomic E-state index is 15.1. The summed E-state index contributed by atoms with van der Waals surface area (Å²) in [6.07, 6.45) is 4.03. The molecule has 2 aromatic heterocycles. The average Bonchev–Trinajstić information content (AvgIpc) is 3.54. The third-order valence-corrected chi connectivity index (χ3v) is 7.58. The summed E-state index contributed by atoms with van der Waals surface area (Å²) in [7, 11) is -2.60. The molecular weight excluding hydrogens is 501 g/mol. The molecule has 1 saturated carbocycles. The van der Waals surface area contributed by atoms with Gasteiger partial charge in [0.2, 0.25) is 0 Å². The van der Waals surface area contributed by atoms with E-state index in [2.05, 4.69) is 26.2 Å². The molecule has 0 unspecified atom stereocenters. The molecule has 0 aliphatic heterocycles. The molecule has 0 radical (unpaired) electrons. The van der Waals surface area contributed by atoms with Gasteiger partial charge in [0.25, 0.3) is 15.6 Å². The molecule has 0 bridgehead atoms. The fourth-order valence-corrected chi connectivity index (χ4v) is 5.37. The van der Waals surface area contributed by atoms with Crippen LogP contribution in [0.2, 0.25) is 0 Å². The minimum Gasteiger partial charge on any atom is -0.495 e. The Labute approximate surface area is 211 Å². The molecule has 190 valence electrons. The van der Waals surface area contributed by atoms with Crippen LogP contribution in [0.4, 0.5) is 10.2 Å². The normalized spacial score (nSPS) is 14.8. The number of sulfonamides is 1. The number of aliphatic hydroxyl groups is 1. The van der Waals surface area contributed by atoms with Crippen LogP contribution in [0.5, 0.6) is 5.75 Å². The van der Waals surface area contributed by atoms with Crippen molar-refractivity contribution >= 4 is 26.7 Å². The highest BCUT2D eigenvalue weighted by Gasteiger charge is 2.28. The smallest absolute Gasteiger partial charge is 0.263 e. The number of fused-ring (bicyclic) bond motifs is 1. The van der Waals surface area contributed by atoms with Gasteiger partial charge in [-0.05, 0) is 49.9 Å². The van der Waals surface area contributed by atoms with Crippen LogP contribution in [-0.2, 0) is 10.0 Å². The zero-order valence-electron chi connectivity index (χ0n) is 19.7. The van der Waals surface area contributed by atoms with E-state index in [1.54, 1.807) is 0 Å². The molecule has 0 atom stereocenters. The predicted octanol–water partition coefficient (Wildman–Crippen LogP) is 3.58. The summed E-state index contributed by atoms with van der Waals surface area (Å²) in [5, 5.41) is 14.4. The molecule has 5 rings (SSSR count). The van der Waals surface area contributed by atoms with E-state index < -0.39 is 27.0 Å². The summed E-state index contributed by atoms with van der Waals surface area (Å²) >= 11 is 0. The van der Waals surface area contributed by atoms with Gasteiger partial charge in [-0.3, -0.25) is 14.1 Å². The Kier molecular flexibility index (Phi) is 6.23. The largest absolute Gasteiger partial charge is 0.495 e. The van der Waals surface area contributed by atoms with E-state index in [1.807, 2.05) is 0 Å². The number of nitrogens with zero attached hydrogens (tertiary/aromatic N) is 2. The van der Waals surface area contributed by atoms with Crippen LogP contribution < -0.4 is 15.0 Å². The first-order valence-corrected chi connectivity index (χ1v) is 12.9. The van der Waals surface area contributed by atoms with Crippen molar-refractivity contribution < 1.29 is 27.2 Å². The van der Waals surface area contributed by atoms with E-state index >= 15 is 4.39 Å². The average molecular weight is 524 g/mol. The van der Waals surface area contributed by atoms with Crippen LogP contribution >= 0.6 is 0 Å². The Hall–Kier alpha value is -4.14. The Bertz CT molecular complexity index is 1710. The van der Waals surface area contributed by atoms with E-state index in [0.717, 1.165) is 18.9 Å². The van der Waals surface area contributed by atoms with Crippen molar-refractivity contribution in [1.82, 2.24) is 9.72 Å². The fraction of sp³-hybridized carbons (Fsp3) is 0.231. The standard InChI is InChI=1S/C26H22FN3O6S/c1-35-23-15-17(8-12-26(32)10-2-3-11-26)20(27)16-22(23)30-21-6-5-19(14-18(21)4-7-25(30)31)37(33,34)29-24-9-13-36-28-24/h4-7,9,13-16,32H,2-3,10-11H2,1H3,(H,28,29). The Balaban J connectivity index is 1.59. The van der Waals surface area contributed by atoms with Gasteiger partial charge < -0.3 is 14.4 Å². The summed E-state index contributed by atoms with van der Waals surface area (Å²) in [5.41, 5.74) is -1.12. The highest BCUT2D eigenvalue weighted by Crippen LogP contribution is 2.31. The molecule has 0 amide bonds. The highest BCUT2D eigenvalue weighted by atomic mass is 32.2. The minimum absolute atomic E-state index is 0.0218. The third kappa shape index (κ3) is 4.81. The van der Waals surface area contributed by atoms with Crippen molar-refractivity contribution in [2.45, 2.75) is 36.2 Å². The number of hydrogen-bond donors (Lipinski definition) is 2. The van der Waals surface area contributed by atoms with Gasteiger partial charge in [-0.15, -0.1) is 0 Å². The number of rotatable bonds is 5. The van der Waals surface area contributed by atoms with E-state index in [-0.39, 0.29) is 27.7 Å². The first-order chi connectivity index (χ1) is 17.7. The molecule has 0 spiro atoms. The monoisotopic (exact) mass is 523 g/mol. The highest BCUT2D eigenvalue weighted by molar-refractivity contribution is 7.92. The number of pyridine rings is 1. The number of ether oxygens (including phenoxy) is 1. The van der Waals surface area contributed by atoms with E-state index in [1.165, 1.54) is 60.4 Å². The van der Waals surface area contributed by atoms with Gasteiger partial charge in [0.05, 0.1) is 28.8 Å². The first kappa shape index (κ1) is 24.5. The molecule has 1 aliphatic rings. The number of aromatic nitrogens is 2. The number of hydrogen-bond acceptors (Lipinski definition) is 7. The van der Waals surface area contributed by atoms with Gasteiger partial charge in [0.15, 0.2) is 5.82 Å². The van der Waals surface area contributed by atoms with Crippen LogP contribution in [0.15, 0.2) is 69.0 Å². The van der Waals surface area contributed by atoms with Crippen molar-refractivity contribution in [3.8, 4) is 23.3 Å². The maximum Gasteiger partial charge on any atom is 0.263 e. The minimum atomic E-state index is -3.99. The van der Waals surface area contributed by atoms with Gasteiger partial charge in [0, 0.05) is 29.7 Å². The topological polar surface area (TPSA) is 124 Å². The summed E-state index contributed by atoms with van der Waals surface area (Å²) in [5.74, 6) is 5.00. The van der Waals surface area contributed by atoms with Crippen LogP contribution in [0.3, 0.4) is 0 Å². The molecule has 0 saturated heterocycles. The Morgan fingerprint density at radius 2 is 1.95 bits per heavy atom. The quantitative estimate of drug-likeness (QED) is 0.383. The Morgan fingerprint density at radius 3 is 2.65 bits per heavy atom. The van der Waals surface area contributed by atoms with Crippen molar-refractivity contribution in [3.63, 3.8) is 0 Å². The van der Waals surface area contributed by atoms with Crippen LogP contribution in [0.25, 0.3) is 16.6 Å². The SMILES string of the molecule is COc1cc(C#CC2(O)CCCC2)c(F)cc1-n1c(=O)ccc2cc(S(=O)(=O)Nc3ccon3)ccc21. The van der Waals surface area contributed by atoms with Crippen molar-refractivity contribution in [3.05, 3.63) is 76.5 Å². The van der Waals surface area contributed by atoms with Crippen molar-refractivity contribution in [1.29, 1.82) is 0 Å². The van der Waals surface area contributed by atoms with E-state index in [9.17, 15) is 18.3 Å². The number of nitrogens with one attached hydrogen (secondary N) is 1. The number of methoxy groups -OCH3 is 1. The lowest BCUT2D eigenvalue weighted by Crippen LogP contribution is -2.21. The number of halogens is 1. The zero-order valence-corrected chi connectivity index (χ0v) is 20.5. The van der Waals surface area contributed by atoms with E-state index in [4.69, 9.17) is 4.74 Å². The lowest BCUT2D eigenvalue weighted by molar-refractivity contribution is 0.110. The second kappa shape index (κ2) is 9.38. The predicted molar refractivity (Wildman–Crippen MR) is 134 cm³/mol. The van der Waals surface area contributed by atoms with Gasteiger partial charge >= 0.3 is 0 Å².